The van der Waals surface area contributed by atoms with Gasteiger partial charge in [0.25, 0.3) is 0 Å². The van der Waals surface area contributed by atoms with Gasteiger partial charge in [-0.25, -0.2) is 0 Å². The van der Waals surface area contributed by atoms with Gasteiger partial charge in [-0.05, 0) is 37.6 Å². The summed E-state index contributed by atoms with van der Waals surface area (Å²) in [5, 5.41) is 3.26. The number of ether oxygens (including phenoxy) is 1. The minimum absolute atomic E-state index is 0.173. The topological polar surface area (TPSA) is 41.6 Å². The lowest BCUT2D eigenvalue weighted by molar-refractivity contribution is -0.118. The van der Waals surface area contributed by atoms with Crippen LogP contribution in [-0.4, -0.2) is 32.1 Å². The molecule has 0 bridgehead atoms. The molecule has 0 aliphatic carbocycles. The number of para-hydroxylation sites is 2. The van der Waals surface area contributed by atoms with Crippen molar-refractivity contribution in [2.75, 3.05) is 31.1 Å². The highest BCUT2D eigenvalue weighted by molar-refractivity contribution is 5.95. The van der Waals surface area contributed by atoms with E-state index >= 15 is 0 Å². The third-order valence-electron chi connectivity index (χ3n) is 3.66. The van der Waals surface area contributed by atoms with Gasteiger partial charge in [-0.2, -0.15) is 0 Å². The molecule has 0 unspecified atom stereocenters. The highest BCUT2D eigenvalue weighted by Crippen LogP contribution is 2.31. The molecule has 2 heterocycles. The number of anilines is 1. The lowest BCUT2D eigenvalue weighted by Gasteiger charge is -2.30. The van der Waals surface area contributed by atoms with Crippen LogP contribution in [0.2, 0.25) is 0 Å². The van der Waals surface area contributed by atoms with Gasteiger partial charge < -0.3 is 15.0 Å². The summed E-state index contributed by atoms with van der Waals surface area (Å²) in [7, 11) is 0. The molecule has 1 aromatic carbocycles. The van der Waals surface area contributed by atoms with Crippen molar-refractivity contribution < 1.29 is 9.53 Å². The van der Waals surface area contributed by atoms with E-state index < -0.39 is 0 Å². The Morgan fingerprint density at radius 2 is 2.17 bits per heavy atom. The van der Waals surface area contributed by atoms with Gasteiger partial charge in [-0.15, -0.1) is 0 Å². The molecule has 0 atom stereocenters. The van der Waals surface area contributed by atoms with E-state index in [1.807, 2.05) is 29.2 Å². The van der Waals surface area contributed by atoms with Crippen molar-refractivity contribution in [3.05, 3.63) is 24.3 Å². The summed E-state index contributed by atoms with van der Waals surface area (Å²) in [6.45, 7) is 3.45. The highest BCUT2D eigenvalue weighted by Gasteiger charge is 2.25. The van der Waals surface area contributed by atoms with Gasteiger partial charge in [-0.1, -0.05) is 12.1 Å². The van der Waals surface area contributed by atoms with Crippen LogP contribution in [0, 0.1) is 5.92 Å². The second-order valence-corrected chi connectivity index (χ2v) is 4.92. The van der Waals surface area contributed by atoms with Crippen molar-refractivity contribution >= 4 is 11.6 Å². The zero-order valence-electron chi connectivity index (χ0n) is 10.4. The van der Waals surface area contributed by atoms with Crippen LogP contribution in [0.5, 0.6) is 5.75 Å². The summed E-state index contributed by atoms with van der Waals surface area (Å²) in [6.07, 6.45) is 1.53. The van der Waals surface area contributed by atoms with Crippen molar-refractivity contribution in [1.29, 1.82) is 0 Å². The third-order valence-corrected chi connectivity index (χ3v) is 3.66. The first-order chi connectivity index (χ1) is 8.84. The van der Waals surface area contributed by atoms with E-state index in [1.165, 1.54) is 0 Å². The maximum Gasteiger partial charge on any atom is 0.230 e. The molecule has 1 aromatic rings. The molecule has 2 aliphatic heterocycles. The first kappa shape index (κ1) is 11.5. The Kier molecular flexibility index (Phi) is 3.19. The van der Waals surface area contributed by atoms with Crippen LogP contribution in [0.1, 0.15) is 12.8 Å². The smallest absolute Gasteiger partial charge is 0.230 e. The number of fused-ring (bicyclic) bond motifs is 1. The van der Waals surface area contributed by atoms with E-state index in [2.05, 4.69) is 5.32 Å². The van der Waals surface area contributed by atoms with E-state index in [0.717, 1.165) is 37.5 Å². The fourth-order valence-electron chi connectivity index (χ4n) is 2.43. The summed E-state index contributed by atoms with van der Waals surface area (Å²) >= 11 is 0. The molecular weight excluding hydrogens is 228 g/mol. The highest BCUT2D eigenvalue weighted by atomic mass is 16.5. The molecule has 0 aromatic heterocycles. The first-order valence-electron chi connectivity index (χ1n) is 6.57. The number of nitrogens with zero attached hydrogens (tertiary/aromatic N) is 1. The molecule has 1 fully saturated rings. The minimum atomic E-state index is 0.173. The second kappa shape index (κ2) is 4.98. The van der Waals surface area contributed by atoms with Crippen molar-refractivity contribution in [3.63, 3.8) is 0 Å². The summed E-state index contributed by atoms with van der Waals surface area (Å²) < 4.78 is 5.62. The zero-order chi connectivity index (χ0) is 12.4. The largest absolute Gasteiger partial charge is 0.491 e. The van der Waals surface area contributed by atoms with Crippen molar-refractivity contribution in [2.45, 2.75) is 12.8 Å². The van der Waals surface area contributed by atoms with E-state index in [-0.39, 0.29) is 5.91 Å². The van der Waals surface area contributed by atoms with Crippen LogP contribution in [-0.2, 0) is 4.79 Å². The van der Waals surface area contributed by atoms with Gasteiger partial charge in [0.15, 0.2) is 0 Å². The average Bonchev–Trinajstić information content (AvgIpc) is 2.47. The van der Waals surface area contributed by atoms with E-state index in [1.54, 1.807) is 0 Å². The number of hydrogen-bond acceptors (Lipinski definition) is 3. The fraction of sp³-hybridized carbons (Fsp3) is 0.500. The molecule has 1 amide bonds. The van der Waals surface area contributed by atoms with Crippen LogP contribution in [0.15, 0.2) is 24.3 Å². The molecule has 1 saturated heterocycles. The second-order valence-electron chi connectivity index (χ2n) is 4.92. The first-order valence-corrected chi connectivity index (χ1v) is 6.57. The van der Waals surface area contributed by atoms with E-state index in [9.17, 15) is 4.79 Å². The molecule has 2 aliphatic rings. The van der Waals surface area contributed by atoms with Crippen molar-refractivity contribution in [2.24, 2.45) is 5.92 Å². The van der Waals surface area contributed by atoms with Crippen LogP contribution in [0.4, 0.5) is 5.69 Å². The Hall–Kier alpha value is -1.55. The molecule has 18 heavy (non-hydrogen) atoms. The van der Waals surface area contributed by atoms with Gasteiger partial charge in [0.05, 0.1) is 18.7 Å². The molecule has 3 rings (SSSR count). The Morgan fingerprint density at radius 3 is 2.94 bits per heavy atom. The fourth-order valence-corrected chi connectivity index (χ4v) is 2.43. The molecule has 0 saturated carbocycles. The summed E-state index contributed by atoms with van der Waals surface area (Å²) in [5.41, 5.74) is 0.923. The standard InChI is InChI=1S/C14H18N2O2/c17-14-6-8-18-13-4-2-1-3-12(13)16(14)7-5-11-9-15-10-11/h1-4,11,15H,5-10H2. The summed E-state index contributed by atoms with van der Waals surface area (Å²) in [6, 6.07) is 7.81. The van der Waals surface area contributed by atoms with Crippen LogP contribution in [0.25, 0.3) is 0 Å². The Labute approximate surface area is 107 Å². The van der Waals surface area contributed by atoms with Gasteiger partial charge in [-0.3, -0.25) is 4.79 Å². The zero-order valence-corrected chi connectivity index (χ0v) is 10.4. The van der Waals surface area contributed by atoms with Gasteiger partial charge in [0, 0.05) is 6.54 Å². The van der Waals surface area contributed by atoms with Gasteiger partial charge in [0.2, 0.25) is 5.91 Å². The van der Waals surface area contributed by atoms with Crippen LogP contribution in [0.3, 0.4) is 0 Å². The predicted octanol–water partition coefficient (Wildman–Crippen LogP) is 1.41. The summed E-state index contributed by atoms with van der Waals surface area (Å²) in [5.74, 6) is 1.72. The summed E-state index contributed by atoms with van der Waals surface area (Å²) in [4.78, 5) is 14.0. The Bertz CT molecular complexity index is 443. The maximum absolute atomic E-state index is 12.1. The number of benzene rings is 1. The minimum Gasteiger partial charge on any atom is -0.491 e. The normalized spacial score (nSPS) is 19.8. The molecular formula is C14H18N2O2. The predicted molar refractivity (Wildman–Crippen MR) is 69.9 cm³/mol. The van der Waals surface area contributed by atoms with Crippen LogP contribution < -0.4 is 15.0 Å². The molecule has 0 spiro atoms. The lowest BCUT2D eigenvalue weighted by Crippen LogP contribution is -2.44. The number of carbonyl (C=O) groups is 1. The van der Waals surface area contributed by atoms with Gasteiger partial charge in [0.1, 0.15) is 5.75 Å². The maximum atomic E-state index is 12.1. The van der Waals surface area contributed by atoms with Crippen molar-refractivity contribution in [3.8, 4) is 5.75 Å². The van der Waals surface area contributed by atoms with E-state index in [4.69, 9.17) is 4.74 Å². The number of amides is 1. The molecule has 1 N–H and O–H groups in total. The average molecular weight is 246 g/mol. The molecule has 4 heteroatoms. The number of rotatable bonds is 3. The molecule has 4 nitrogen and oxygen atoms in total. The Morgan fingerprint density at radius 1 is 1.33 bits per heavy atom. The van der Waals surface area contributed by atoms with Crippen LogP contribution >= 0.6 is 0 Å². The SMILES string of the molecule is O=C1CCOc2ccccc2N1CCC1CNC1. The number of carbonyl (C=O) groups excluding carboxylic acids is 1. The number of hydrogen-bond donors (Lipinski definition) is 1. The Balaban J connectivity index is 1.78. The van der Waals surface area contributed by atoms with Crippen molar-refractivity contribution in [1.82, 2.24) is 5.32 Å². The molecule has 96 valence electrons. The van der Waals surface area contributed by atoms with Gasteiger partial charge >= 0.3 is 0 Å². The molecule has 0 radical (unpaired) electrons. The van der Waals surface area contributed by atoms with E-state index in [0.29, 0.717) is 18.9 Å². The quantitative estimate of drug-likeness (QED) is 0.876. The number of nitrogens with one attached hydrogen (secondary N) is 1. The monoisotopic (exact) mass is 246 g/mol. The lowest BCUT2D eigenvalue weighted by atomic mass is 9.99. The third kappa shape index (κ3) is 2.20.